The maximum atomic E-state index is 13.0. The standard InChI is InChI=1S/C20H15FO4/c21-16-6-8-17(9-7-16)25-19-11-15(20(22)23)10-18(12-19)24-13-14-4-2-1-3-5-14/h1-12H,13H2,(H,22,23). The lowest BCUT2D eigenvalue weighted by Crippen LogP contribution is -2.00. The fourth-order valence-corrected chi connectivity index (χ4v) is 2.22. The van der Waals surface area contributed by atoms with Crippen molar-refractivity contribution >= 4 is 5.97 Å². The zero-order chi connectivity index (χ0) is 17.6. The van der Waals surface area contributed by atoms with Crippen molar-refractivity contribution in [3.63, 3.8) is 0 Å². The van der Waals surface area contributed by atoms with Crippen LogP contribution in [0.1, 0.15) is 15.9 Å². The average molecular weight is 338 g/mol. The molecule has 0 aliphatic heterocycles. The normalized spacial score (nSPS) is 10.3. The number of halogens is 1. The Morgan fingerprint density at radius 2 is 1.56 bits per heavy atom. The molecule has 3 aromatic carbocycles. The SMILES string of the molecule is O=C(O)c1cc(OCc2ccccc2)cc(Oc2ccc(F)cc2)c1. The van der Waals surface area contributed by atoms with Crippen molar-refractivity contribution in [1.82, 2.24) is 0 Å². The maximum Gasteiger partial charge on any atom is 0.335 e. The van der Waals surface area contributed by atoms with Gasteiger partial charge in [-0.3, -0.25) is 0 Å². The highest BCUT2D eigenvalue weighted by Gasteiger charge is 2.10. The lowest BCUT2D eigenvalue weighted by Gasteiger charge is -2.11. The van der Waals surface area contributed by atoms with Crippen LogP contribution in [0.5, 0.6) is 17.2 Å². The van der Waals surface area contributed by atoms with E-state index in [-0.39, 0.29) is 11.4 Å². The molecule has 0 aliphatic rings. The summed E-state index contributed by atoms with van der Waals surface area (Å²) in [6.07, 6.45) is 0. The number of benzene rings is 3. The summed E-state index contributed by atoms with van der Waals surface area (Å²) in [5.41, 5.74) is 1.01. The van der Waals surface area contributed by atoms with Crippen molar-refractivity contribution in [3.05, 3.63) is 89.7 Å². The first-order valence-electron chi connectivity index (χ1n) is 7.59. The molecule has 3 aromatic rings. The van der Waals surface area contributed by atoms with Crippen molar-refractivity contribution < 1.29 is 23.8 Å². The number of hydrogen-bond donors (Lipinski definition) is 1. The Balaban J connectivity index is 1.81. The molecule has 0 heterocycles. The lowest BCUT2D eigenvalue weighted by molar-refractivity contribution is 0.0696. The van der Waals surface area contributed by atoms with E-state index in [1.54, 1.807) is 6.07 Å². The molecular weight excluding hydrogens is 323 g/mol. The Hall–Kier alpha value is -3.34. The van der Waals surface area contributed by atoms with Crippen LogP contribution in [0.4, 0.5) is 4.39 Å². The molecule has 4 nitrogen and oxygen atoms in total. The number of hydrogen-bond acceptors (Lipinski definition) is 3. The minimum Gasteiger partial charge on any atom is -0.489 e. The summed E-state index contributed by atoms with van der Waals surface area (Å²) in [6, 6.07) is 19.4. The second kappa shape index (κ2) is 7.49. The Morgan fingerprint density at radius 1 is 0.880 bits per heavy atom. The summed E-state index contributed by atoms with van der Waals surface area (Å²) in [6.45, 7) is 0.305. The molecule has 5 heteroatoms. The molecular formula is C20H15FO4. The Morgan fingerprint density at radius 3 is 2.24 bits per heavy atom. The first kappa shape index (κ1) is 16.5. The average Bonchev–Trinajstić information content (AvgIpc) is 2.63. The first-order chi connectivity index (χ1) is 12.1. The van der Waals surface area contributed by atoms with Crippen LogP contribution in [0, 0.1) is 5.82 Å². The maximum absolute atomic E-state index is 13.0. The third-order valence-corrected chi connectivity index (χ3v) is 3.42. The Labute approximate surface area is 144 Å². The van der Waals surface area contributed by atoms with Gasteiger partial charge in [0, 0.05) is 6.07 Å². The van der Waals surface area contributed by atoms with Gasteiger partial charge in [-0.25, -0.2) is 9.18 Å². The summed E-state index contributed by atoms with van der Waals surface area (Å²) in [5, 5.41) is 9.26. The number of carboxylic acids is 1. The molecule has 0 atom stereocenters. The summed E-state index contributed by atoms with van der Waals surface area (Å²) < 4.78 is 24.3. The third kappa shape index (κ3) is 4.57. The molecule has 126 valence electrons. The fourth-order valence-electron chi connectivity index (χ4n) is 2.22. The van der Waals surface area contributed by atoms with Gasteiger partial charge in [-0.05, 0) is 42.0 Å². The van der Waals surface area contributed by atoms with Gasteiger partial charge < -0.3 is 14.6 Å². The van der Waals surface area contributed by atoms with Crippen molar-refractivity contribution in [3.8, 4) is 17.2 Å². The Bertz CT molecular complexity index is 861. The highest BCUT2D eigenvalue weighted by Crippen LogP contribution is 2.28. The molecule has 0 amide bonds. The van der Waals surface area contributed by atoms with E-state index in [0.717, 1.165) is 5.56 Å². The van der Waals surface area contributed by atoms with E-state index < -0.39 is 5.97 Å². The predicted molar refractivity (Wildman–Crippen MR) is 90.6 cm³/mol. The highest BCUT2D eigenvalue weighted by atomic mass is 19.1. The summed E-state index contributed by atoms with van der Waals surface area (Å²) >= 11 is 0. The van der Waals surface area contributed by atoms with E-state index in [9.17, 15) is 14.3 Å². The first-order valence-corrected chi connectivity index (χ1v) is 7.59. The molecule has 3 rings (SSSR count). The fraction of sp³-hybridized carbons (Fsp3) is 0.0500. The Kier molecular flexibility index (Phi) is 4.95. The zero-order valence-corrected chi connectivity index (χ0v) is 13.2. The molecule has 0 aliphatic carbocycles. The minimum atomic E-state index is -1.09. The second-order valence-corrected chi connectivity index (χ2v) is 5.33. The van der Waals surface area contributed by atoms with E-state index in [2.05, 4.69) is 0 Å². The van der Waals surface area contributed by atoms with Crippen LogP contribution in [0.2, 0.25) is 0 Å². The second-order valence-electron chi connectivity index (χ2n) is 5.33. The third-order valence-electron chi connectivity index (χ3n) is 3.42. The molecule has 0 spiro atoms. The molecule has 0 fully saturated rings. The molecule has 25 heavy (non-hydrogen) atoms. The van der Waals surface area contributed by atoms with Crippen LogP contribution in [0.15, 0.2) is 72.8 Å². The van der Waals surface area contributed by atoms with Crippen molar-refractivity contribution in [1.29, 1.82) is 0 Å². The van der Waals surface area contributed by atoms with Gasteiger partial charge in [0.2, 0.25) is 0 Å². The molecule has 0 saturated carbocycles. The monoisotopic (exact) mass is 338 g/mol. The smallest absolute Gasteiger partial charge is 0.335 e. The quantitative estimate of drug-likeness (QED) is 0.695. The summed E-state index contributed by atoms with van der Waals surface area (Å²) in [4.78, 5) is 11.3. The molecule has 0 bridgehead atoms. The highest BCUT2D eigenvalue weighted by molar-refractivity contribution is 5.88. The van der Waals surface area contributed by atoms with Gasteiger partial charge in [-0.1, -0.05) is 30.3 Å². The zero-order valence-electron chi connectivity index (χ0n) is 13.2. The van der Waals surface area contributed by atoms with Crippen molar-refractivity contribution in [2.45, 2.75) is 6.61 Å². The van der Waals surface area contributed by atoms with E-state index in [0.29, 0.717) is 23.9 Å². The van der Waals surface area contributed by atoms with Crippen LogP contribution >= 0.6 is 0 Å². The van der Waals surface area contributed by atoms with E-state index in [1.807, 2.05) is 30.3 Å². The van der Waals surface area contributed by atoms with Crippen LogP contribution < -0.4 is 9.47 Å². The van der Waals surface area contributed by atoms with E-state index >= 15 is 0 Å². The van der Waals surface area contributed by atoms with Crippen LogP contribution in [-0.4, -0.2) is 11.1 Å². The van der Waals surface area contributed by atoms with Gasteiger partial charge in [-0.15, -0.1) is 0 Å². The molecule has 0 radical (unpaired) electrons. The van der Waals surface area contributed by atoms with Gasteiger partial charge in [0.15, 0.2) is 0 Å². The number of ether oxygens (including phenoxy) is 2. The lowest BCUT2D eigenvalue weighted by atomic mass is 10.2. The topological polar surface area (TPSA) is 55.8 Å². The number of carboxylic acid groups (broad SMARTS) is 1. The summed E-state index contributed by atoms with van der Waals surface area (Å²) in [7, 11) is 0. The largest absolute Gasteiger partial charge is 0.489 e. The number of aromatic carboxylic acids is 1. The van der Waals surface area contributed by atoms with Gasteiger partial charge in [0.05, 0.1) is 5.56 Å². The van der Waals surface area contributed by atoms with Crippen molar-refractivity contribution in [2.75, 3.05) is 0 Å². The van der Waals surface area contributed by atoms with Crippen molar-refractivity contribution in [2.24, 2.45) is 0 Å². The predicted octanol–water partition coefficient (Wildman–Crippen LogP) is 4.90. The molecule has 0 aromatic heterocycles. The van der Waals surface area contributed by atoms with Crippen LogP contribution in [0.3, 0.4) is 0 Å². The van der Waals surface area contributed by atoms with E-state index in [1.165, 1.54) is 36.4 Å². The van der Waals surface area contributed by atoms with E-state index in [4.69, 9.17) is 9.47 Å². The molecule has 0 unspecified atom stereocenters. The minimum absolute atomic E-state index is 0.0441. The number of carbonyl (C=O) groups is 1. The van der Waals surface area contributed by atoms with Gasteiger partial charge in [0.25, 0.3) is 0 Å². The molecule has 0 saturated heterocycles. The van der Waals surface area contributed by atoms with Crippen LogP contribution in [-0.2, 0) is 6.61 Å². The van der Waals surface area contributed by atoms with Gasteiger partial charge in [0.1, 0.15) is 29.7 Å². The van der Waals surface area contributed by atoms with Gasteiger partial charge in [-0.2, -0.15) is 0 Å². The number of rotatable bonds is 6. The summed E-state index contributed by atoms with van der Waals surface area (Å²) in [5.74, 6) is -0.388. The van der Waals surface area contributed by atoms with Gasteiger partial charge >= 0.3 is 5.97 Å². The molecule has 1 N–H and O–H groups in total. The van der Waals surface area contributed by atoms with Crippen LogP contribution in [0.25, 0.3) is 0 Å².